The lowest BCUT2D eigenvalue weighted by Crippen LogP contribution is -2.36. The molecule has 96 valence electrons. The van der Waals surface area contributed by atoms with Gasteiger partial charge in [-0.2, -0.15) is 0 Å². The number of nitrogens with zero attached hydrogens (tertiary/aromatic N) is 1. The van der Waals surface area contributed by atoms with E-state index in [-0.39, 0.29) is 23.6 Å². The van der Waals surface area contributed by atoms with Crippen LogP contribution >= 0.6 is 12.2 Å². The van der Waals surface area contributed by atoms with Gasteiger partial charge in [0.05, 0.1) is 23.6 Å². The Kier molecular flexibility index (Phi) is 2.60. The highest BCUT2D eigenvalue weighted by atomic mass is 32.2. The van der Waals surface area contributed by atoms with E-state index in [0.717, 1.165) is 5.69 Å². The van der Waals surface area contributed by atoms with Crippen molar-refractivity contribution in [2.75, 3.05) is 16.4 Å². The zero-order valence-corrected chi connectivity index (χ0v) is 11.6. The number of benzene rings is 1. The molecule has 2 saturated heterocycles. The summed E-state index contributed by atoms with van der Waals surface area (Å²) in [5.74, 6) is 0.360. The highest BCUT2D eigenvalue weighted by Gasteiger charge is 2.47. The summed E-state index contributed by atoms with van der Waals surface area (Å²) < 4.78 is 23.3. The number of hydrogen-bond donors (Lipinski definition) is 1. The Morgan fingerprint density at radius 3 is 2.61 bits per heavy atom. The smallest absolute Gasteiger partial charge is 0.174 e. The first-order valence-corrected chi connectivity index (χ1v) is 8.06. The third-order valence-corrected chi connectivity index (χ3v) is 5.53. The third kappa shape index (κ3) is 1.89. The molecule has 0 amide bonds. The minimum Gasteiger partial charge on any atom is -0.356 e. The maximum atomic E-state index is 11.7. The summed E-state index contributed by atoms with van der Waals surface area (Å²) >= 11 is 5.30. The summed E-state index contributed by atoms with van der Waals surface area (Å²) in [4.78, 5) is 1.93. The standard InChI is InChI=1S/C12H14N2O2S2/c1-8-2-4-9(5-3-8)14-11-7-18(15,16)6-10(11)13-12(14)17/h2-5,10-11H,6-7H2,1H3,(H,13,17)/t10-,11+/m0/s1. The molecule has 0 spiro atoms. The van der Waals surface area contributed by atoms with E-state index in [1.807, 2.05) is 36.1 Å². The van der Waals surface area contributed by atoms with Crippen LogP contribution in [-0.4, -0.2) is 37.1 Å². The van der Waals surface area contributed by atoms with E-state index in [9.17, 15) is 8.42 Å². The van der Waals surface area contributed by atoms with Crippen LogP contribution in [0.25, 0.3) is 0 Å². The molecule has 0 radical (unpaired) electrons. The SMILES string of the molecule is Cc1ccc(N2C(=S)N[C@H]3CS(=O)(=O)C[C@H]32)cc1. The Morgan fingerprint density at radius 2 is 1.94 bits per heavy atom. The first-order chi connectivity index (χ1) is 8.46. The molecule has 2 aliphatic heterocycles. The van der Waals surface area contributed by atoms with Gasteiger partial charge in [0.15, 0.2) is 14.9 Å². The number of rotatable bonds is 1. The molecule has 0 unspecified atom stereocenters. The molecule has 2 heterocycles. The molecule has 2 atom stereocenters. The molecule has 0 bridgehead atoms. The van der Waals surface area contributed by atoms with Crippen molar-refractivity contribution in [1.29, 1.82) is 0 Å². The number of nitrogens with one attached hydrogen (secondary N) is 1. The van der Waals surface area contributed by atoms with Crippen molar-refractivity contribution in [3.05, 3.63) is 29.8 Å². The normalized spacial score (nSPS) is 29.2. The summed E-state index contributed by atoms with van der Waals surface area (Å²) in [5.41, 5.74) is 2.13. The van der Waals surface area contributed by atoms with Crippen molar-refractivity contribution in [2.45, 2.75) is 19.0 Å². The van der Waals surface area contributed by atoms with E-state index in [1.54, 1.807) is 0 Å². The van der Waals surface area contributed by atoms with Crippen molar-refractivity contribution in [2.24, 2.45) is 0 Å². The van der Waals surface area contributed by atoms with E-state index >= 15 is 0 Å². The van der Waals surface area contributed by atoms with Gasteiger partial charge in [-0.3, -0.25) is 0 Å². The summed E-state index contributed by atoms with van der Waals surface area (Å²) in [6, 6.07) is 7.85. The average Bonchev–Trinajstić information content (AvgIpc) is 2.70. The van der Waals surface area contributed by atoms with Crippen LogP contribution in [0, 0.1) is 6.92 Å². The predicted molar refractivity (Wildman–Crippen MR) is 75.6 cm³/mol. The van der Waals surface area contributed by atoms with Gasteiger partial charge in [0.25, 0.3) is 0 Å². The fraction of sp³-hybridized carbons (Fsp3) is 0.417. The monoisotopic (exact) mass is 282 g/mol. The fourth-order valence-electron chi connectivity index (χ4n) is 2.61. The predicted octanol–water partition coefficient (Wildman–Crippen LogP) is 0.855. The molecule has 6 heteroatoms. The van der Waals surface area contributed by atoms with Crippen molar-refractivity contribution in [3.8, 4) is 0 Å². The maximum Gasteiger partial charge on any atom is 0.174 e. The molecule has 2 aliphatic rings. The van der Waals surface area contributed by atoms with Crippen molar-refractivity contribution >= 4 is 32.9 Å². The van der Waals surface area contributed by atoms with Gasteiger partial charge in [0, 0.05) is 5.69 Å². The molecule has 0 saturated carbocycles. The van der Waals surface area contributed by atoms with E-state index in [1.165, 1.54) is 5.56 Å². The van der Waals surface area contributed by atoms with Gasteiger partial charge in [-0.05, 0) is 31.3 Å². The van der Waals surface area contributed by atoms with Crippen LogP contribution in [-0.2, 0) is 9.84 Å². The zero-order chi connectivity index (χ0) is 12.9. The van der Waals surface area contributed by atoms with Crippen LogP contribution in [0.5, 0.6) is 0 Å². The number of anilines is 1. The molecule has 4 nitrogen and oxygen atoms in total. The zero-order valence-electron chi connectivity index (χ0n) is 9.96. The maximum absolute atomic E-state index is 11.7. The Morgan fingerprint density at radius 1 is 1.28 bits per heavy atom. The third-order valence-electron chi connectivity index (χ3n) is 3.49. The van der Waals surface area contributed by atoms with Crippen LogP contribution in [0.2, 0.25) is 0 Å². The lowest BCUT2D eigenvalue weighted by atomic mass is 10.1. The molecule has 0 aliphatic carbocycles. The Hall–Kier alpha value is -1.14. The number of fused-ring (bicyclic) bond motifs is 1. The van der Waals surface area contributed by atoms with E-state index in [4.69, 9.17) is 12.2 Å². The fourth-order valence-corrected chi connectivity index (χ4v) is 4.90. The van der Waals surface area contributed by atoms with Gasteiger partial charge < -0.3 is 10.2 Å². The van der Waals surface area contributed by atoms with E-state index in [0.29, 0.717) is 5.11 Å². The molecular formula is C12H14N2O2S2. The summed E-state index contributed by atoms with van der Waals surface area (Å²) in [5, 5.41) is 3.74. The quantitative estimate of drug-likeness (QED) is 0.774. The Labute approximate surface area is 112 Å². The van der Waals surface area contributed by atoms with E-state index in [2.05, 4.69) is 5.32 Å². The number of aryl methyl sites for hydroxylation is 1. The molecule has 3 rings (SSSR count). The van der Waals surface area contributed by atoms with Crippen LogP contribution in [0.3, 0.4) is 0 Å². The van der Waals surface area contributed by atoms with Gasteiger partial charge in [0.1, 0.15) is 0 Å². The van der Waals surface area contributed by atoms with Gasteiger partial charge in [-0.1, -0.05) is 17.7 Å². The van der Waals surface area contributed by atoms with Crippen LogP contribution in [0.15, 0.2) is 24.3 Å². The highest BCUT2D eigenvalue weighted by Crippen LogP contribution is 2.29. The van der Waals surface area contributed by atoms with E-state index < -0.39 is 9.84 Å². The second-order valence-electron chi connectivity index (χ2n) is 4.91. The lowest BCUT2D eigenvalue weighted by molar-refractivity contribution is 0.600. The van der Waals surface area contributed by atoms with Crippen molar-refractivity contribution < 1.29 is 8.42 Å². The van der Waals surface area contributed by atoms with Gasteiger partial charge in [0.2, 0.25) is 0 Å². The lowest BCUT2D eigenvalue weighted by Gasteiger charge is -2.23. The second kappa shape index (κ2) is 3.93. The van der Waals surface area contributed by atoms with Gasteiger partial charge >= 0.3 is 0 Å². The molecule has 1 aromatic rings. The summed E-state index contributed by atoms with van der Waals surface area (Å²) in [6.07, 6.45) is 0. The molecule has 2 fully saturated rings. The van der Waals surface area contributed by atoms with Crippen molar-refractivity contribution in [1.82, 2.24) is 5.32 Å². The number of thiocarbonyl (C=S) groups is 1. The summed E-state index contributed by atoms with van der Waals surface area (Å²) in [7, 11) is -2.94. The minimum absolute atomic E-state index is 0.0646. The number of sulfone groups is 1. The Balaban J connectivity index is 1.96. The second-order valence-corrected chi connectivity index (χ2v) is 7.45. The molecule has 0 aromatic heterocycles. The first kappa shape index (κ1) is 11.9. The van der Waals surface area contributed by atoms with Crippen LogP contribution < -0.4 is 10.2 Å². The van der Waals surface area contributed by atoms with Crippen molar-refractivity contribution in [3.63, 3.8) is 0 Å². The molecule has 18 heavy (non-hydrogen) atoms. The summed E-state index contributed by atoms with van der Waals surface area (Å²) in [6.45, 7) is 2.02. The van der Waals surface area contributed by atoms with Gasteiger partial charge in [-0.15, -0.1) is 0 Å². The van der Waals surface area contributed by atoms with Crippen LogP contribution in [0.4, 0.5) is 5.69 Å². The topological polar surface area (TPSA) is 49.4 Å². The van der Waals surface area contributed by atoms with Gasteiger partial charge in [-0.25, -0.2) is 8.42 Å². The first-order valence-electron chi connectivity index (χ1n) is 5.83. The molecule has 1 aromatic carbocycles. The Bertz CT molecular complexity index is 595. The van der Waals surface area contributed by atoms with Crippen LogP contribution in [0.1, 0.15) is 5.56 Å². The molecule has 1 N–H and O–H groups in total. The molecular weight excluding hydrogens is 268 g/mol. The number of hydrogen-bond acceptors (Lipinski definition) is 3. The largest absolute Gasteiger partial charge is 0.356 e. The minimum atomic E-state index is -2.94. The average molecular weight is 282 g/mol. The highest BCUT2D eigenvalue weighted by molar-refractivity contribution is 7.91.